The summed E-state index contributed by atoms with van der Waals surface area (Å²) in [7, 11) is 0. The predicted molar refractivity (Wildman–Crippen MR) is 83.7 cm³/mol. The quantitative estimate of drug-likeness (QED) is 0.750. The van der Waals surface area contributed by atoms with Crippen molar-refractivity contribution in [3.8, 4) is 0 Å². The van der Waals surface area contributed by atoms with Crippen molar-refractivity contribution in [1.29, 1.82) is 0 Å². The van der Waals surface area contributed by atoms with E-state index in [0.717, 1.165) is 29.0 Å². The number of fused-ring (bicyclic) bond motifs is 1. The first-order valence-electron chi connectivity index (χ1n) is 6.32. The summed E-state index contributed by atoms with van der Waals surface area (Å²) in [6, 6.07) is 12.0. The lowest BCUT2D eigenvalue weighted by Crippen LogP contribution is -2.12. The zero-order chi connectivity index (χ0) is 14.1. The fourth-order valence-electron chi connectivity index (χ4n) is 2.29. The molecule has 2 heterocycles. The van der Waals surface area contributed by atoms with E-state index in [1.54, 1.807) is 6.20 Å². The standard InChI is InChI=1S/C15H14N4S/c1-10-18-12-4-2-3-5-14(12)19(10)9-11-6-7-17-13(8-11)15(16)20/h2-8H,9H2,1H3,(H2,16,20). The Hall–Kier alpha value is -2.27. The molecular formula is C15H14N4S. The van der Waals surface area contributed by atoms with Crippen LogP contribution in [0.25, 0.3) is 11.0 Å². The van der Waals surface area contributed by atoms with Gasteiger partial charge in [-0.05, 0) is 36.8 Å². The Bertz CT molecular complexity index is 791. The van der Waals surface area contributed by atoms with Gasteiger partial charge in [0, 0.05) is 12.7 Å². The summed E-state index contributed by atoms with van der Waals surface area (Å²) in [5.41, 5.74) is 9.52. The molecule has 0 saturated carbocycles. The topological polar surface area (TPSA) is 56.7 Å². The maximum Gasteiger partial charge on any atom is 0.122 e. The summed E-state index contributed by atoms with van der Waals surface area (Å²) in [6.07, 6.45) is 1.73. The Morgan fingerprint density at radius 1 is 1.30 bits per heavy atom. The molecule has 0 aliphatic rings. The van der Waals surface area contributed by atoms with Crippen LogP contribution in [0.15, 0.2) is 42.6 Å². The highest BCUT2D eigenvalue weighted by Crippen LogP contribution is 2.17. The van der Waals surface area contributed by atoms with Crippen molar-refractivity contribution >= 4 is 28.2 Å². The van der Waals surface area contributed by atoms with E-state index in [1.165, 1.54) is 0 Å². The molecule has 2 aromatic heterocycles. The second-order valence-electron chi connectivity index (χ2n) is 4.65. The van der Waals surface area contributed by atoms with Crippen molar-refractivity contribution in [3.63, 3.8) is 0 Å². The van der Waals surface area contributed by atoms with Gasteiger partial charge in [-0.15, -0.1) is 0 Å². The zero-order valence-electron chi connectivity index (χ0n) is 11.1. The third-order valence-corrected chi connectivity index (χ3v) is 3.47. The van der Waals surface area contributed by atoms with Crippen LogP contribution in [0.5, 0.6) is 0 Å². The Balaban J connectivity index is 2.03. The van der Waals surface area contributed by atoms with E-state index in [4.69, 9.17) is 18.0 Å². The van der Waals surface area contributed by atoms with Crippen molar-refractivity contribution < 1.29 is 0 Å². The van der Waals surface area contributed by atoms with Crippen LogP contribution in [0.4, 0.5) is 0 Å². The molecule has 0 bridgehead atoms. The monoisotopic (exact) mass is 282 g/mol. The number of imidazole rings is 1. The molecule has 5 heteroatoms. The van der Waals surface area contributed by atoms with E-state index < -0.39 is 0 Å². The van der Waals surface area contributed by atoms with Crippen molar-refractivity contribution in [2.45, 2.75) is 13.5 Å². The van der Waals surface area contributed by atoms with Crippen molar-refractivity contribution in [2.24, 2.45) is 5.73 Å². The molecule has 0 amide bonds. The number of hydrogen-bond donors (Lipinski definition) is 1. The van der Waals surface area contributed by atoms with E-state index in [9.17, 15) is 0 Å². The molecule has 3 aromatic rings. The number of para-hydroxylation sites is 2. The highest BCUT2D eigenvalue weighted by atomic mass is 32.1. The maximum atomic E-state index is 5.63. The van der Waals surface area contributed by atoms with Gasteiger partial charge in [-0.1, -0.05) is 24.4 Å². The first kappa shape index (κ1) is 12.7. The Morgan fingerprint density at radius 2 is 2.10 bits per heavy atom. The first-order chi connectivity index (χ1) is 9.65. The molecule has 0 aliphatic heterocycles. The highest BCUT2D eigenvalue weighted by molar-refractivity contribution is 7.80. The summed E-state index contributed by atoms with van der Waals surface area (Å²) in [5.74, 6) is 0.986. The molecule has 4 nitrogen and oxygen atoms in total. The van der Waals surface area contributed by atoms with Crippen LogP contribution in [0.2, 0.25) is 0 Å². The molecule has 0 unspecified atom stereocenters. The van der Waals surface area contributed by atoms with Gasteiger partial charge < -0.3 is 10.3 Å². The smallest absolute Gasteiger partial charge is 0.122 e. The van der Waals surface area contributed by atoms with Crippen molar-refractivity contribution in [2.75, 3.05) is 0 Å². The molecule has 0 radical (unpaired) electrons. The van der Waals surface area contributed by atoms with Gasteiger partial charge in [0.2, 0.25) is 0 Å². The fourth-order valence-corrected chi connectivity index (χ4v) is 2.40. The molecule has 0 spiro atoms. The summed E-state index contributed by atoms with van der Waals surface area (Å²) in [4.78, 5) is 9.04. The van der Waals surface area contributed by atoms with Gasteiger partial charge in [-0.2, -0.15) is 0 Å². The average molecular weight is 282 g/mol. The second kappa shape index (κ2) is 5.02. The zero-order valence-corrected chi connectivity index (χ0v) is 11.9. The van der Waals surface area contributed by atoms with Gasteiger partial charge in [-0.25, -0.2) is 4.98 Å². The molecule has 0 aliphatic carbocycles. The molecule has 2 N–H and O–H groups in total. The summed E-state index contributed by atoms with van der Waals surface area (Å²) in [5, 5.41) is 0. The highest BCUT2D eigenvalue weighted by Gasteiger charge is 2.08. The van der Waals surface area contributed by atoms with Crippen LogP contribution in [0.3, 0.4) is 0 Å². The van der Waals surface area contributed by atoms with E-state index in [1.807, 2.05) is 37.3 Å². The normalized spacial score (nSPS) is 10.8. The SMILES string of the molecule is Cc1nc2ccccc2n1Cc1ccnc(C(N)=S)c1. The average Bonchev–Trinajstić information content (AvgIpc) is 2.76. The van der Waals surface area contributed by atoms with Gasteiger partial charge in [0.1, 0.15) is 10.8 Å². The number of pyridine rings is 1. The lowest BCUT2D eigenvalue weighted by molar-refractivity contribution is 0.784. The molecule has 3 rings (SSSR count). The van der Waals surface area contributed by atoms with Crippen LogP contribution in [0, 0.1) is 6.92 Å². The number of nitrogens with zero attached hydrogens (tertiary/aromatic N) is 3. The minimum Gasteiger partial charge on any atom is -0.388 e. The fraction of sp³-hybridized carbons (Fsp3) is 0.133. The summed E-state index contributed by atoms with van der Waals surface area (Å²) < 4.78 is 2.17. The molecule has 20 heavy (non-hydrogen) atoms. The van der Waals surface area contributed by atoms with Crippen molar-refractivity contribution in [3.05, 3.63) is 59.7 Å². The van der Waals surface area contributed by atoms with Crippen LogP contribution in [0.1, 0.15) is 17.1 Å². The van der Waals surface area contributed by atoms with E-state index in [2.05, 4.69) is 20.6 Å². The molecule has 1 aromatic carbocycles. The lowest BCUT2D eigenvalue weighted by Gasteiger charge is -2.08. The van der Waals surface area contributed by atoms with Gasteiger partial charge >= 0.3 is 0 Å². The van der Waals surface area contributed by atoms with Gasteiger partial charge in [-0.3, -0.25) is 4.98 Å². The summed E-state index contributed by atoms with van der Waals surface area (Å²) in [6.45, 7) is 2.74. The maximum absolute atomic E-state index is 5.63. The lowest BCUT2D eigenvalue weighted by atomic mass is 10.2. The van der Waals surface area contributed by atoms with Crippen LogP contribution in [-0.2, 0) is 6.54 Å². The number of aromatic nitrogens is 3. The van der Waals surface area contributed by atoms with Crippen LogP contribution >= 0.6 is 12.2 Å². The van der Waals surface area contributed by atoms with Gasteiger partial charge in [0.25, 0.3) is 0 Å². The number of thiocarbonyl (C=S) groups is 1. The molecule has 0 saturated heterocycles. The minimum atomic E-state index is 0.319. The second-order valence-corrected chi connectivity index (χ2v) is 5.09. The van der Waals surface area contributed by atoms with E-state index >= 15 is 0 Å². The van der Waals surface area contributed by atoms with E-state index in [0.29, 0.717) is 10.7 Å². The van der Waals surface area contributed by atoms with Crippen molar-refractivity contribution in [1.82, 2.24) is 14.5 Å². The first-order valence-corrected chi connectivity index (χ1v) is 6.72. The third-order valence-electron chi connectivity index (χ3n) is 3.26. The molecule has 0 fully saturated rings. The molecule has 100 valence electrons. The number of rotatable bonds is 3. The number of hydrogen-bond acceptors (Lipinski definition) is 3. The van der Waals surface area contributed by atoms with E-state index in [-0.39, 0.29) is 0 Å². The van der Waals surface area contributed by atoms with Crippen LogP contribution in [-0.4, -0.2) is 19.5 Å². The number of aryl methyl sites for hydroxylation is 1. The van der Waals surface area contributed by atoms with Gasteiger partial charge in [0.05, 0.1) is 16.7 Å². The molecule has 0 atom stereocenters. The Labute approximate surface area is 122 Å². The minimum absolute atomic E-state index is 0.319. The summed E-state index contributed by atoms with van der Waals surface area (Å²) >= 11 is 4.97. The number of benzene rings is 1. The van der Waals surface area contributed by atoms with Crippen LogP contribution < -0.4 is 5.73 Å². The predicted octanol–water partition coefficient (Wildman–Crippen LogP) is 2.42. The Kier molecular flexibility index (Phi) is 3.20. The third kappa shape index (κ3) is 2.28. The number of nitrogens with two attached hydrogens (primary N) is 1. The Morgan fingerprint density at radius 3 is 2.90 bits per heavy atom. The molecular weight excluding hydrogens is 268 g/mol. The van der Waals surface area contributed by atoms with Gasteiger partial charge in [0.15, 0.2) is 0 Å². The largest absolute Gasteiger partial charge is 0.388 e.